The van der Waals surface area contributed by atoms with E-state index in [9.17, 15) is 18.0 Å². The number of carboxylic acid groups (broad SMARTS) is 1. The Balaban J connectivity index is 0.00000364. The Morgan fingerprint density at radius 3 is 2.22 bits per heavy atom. The molecule has 0 heterocycles. The Labute approximate surface area is 161 Å². The van der Waals surface area contributed by atoms with Crippen LogP contribution in [0.5, 0.6) is 5.75 Å². The molecule has 0 saturated heterocycles. The van der Waals surface area contributed by atoms with Crippen LogP contribution in [0.25, 0.3) is 0 Å². The first kappa shape index (κ1) is 22.8. The molecule has 2 aromatic carbocycles. The number of ether oxygens (including phenoxy) is 1. The van der Waals surface area contributed by atoms with E-state index in [1.165, 1.54) is 13.2 Å². The van der Waals surface area contributed by atoms with Gasteiger partial charge in [0, 0.05) is 0 Å². The molecule has 4 nitrogen and oxygen atoms in total. The molecule has 27 heavy (non-hydrogen) atoms. The maximum absolute atomic E-state index is 13.0. The van der Waals surface area contributed by atoms with Gasteiger partial charge in [0.15, 0.2) is 0 Å². The molecule has 0 amide bonds. The van der Waals surface area contributed by atoms with Crippen molar-refractivity contribution in [2.45, 2.75) is 19.0 Å². The maximum atomic E-state index is 13.0. The minimum atomic E-state index is -4.46. The molecule has 2 rings (SSSR count). The highest BCUT2D eigenvalue weighted by atomic mass is 35.5. The van der Waals surface area contributed by atoms with E-state index in [-0.39, 0.29) is 23.7 Å². The van der Waals surface area contributed by atoms with Crippen molar-refractivity contribution in [3.63, 3.8) is 0 Å². The normalized spacial score (nSPS) is 11.0. The van der Waals surface area contributed by atoms with Gasteiger partial charge in [-0.3, -0.25) is 0 Å². The molecular formula is C19H21ClF3NO3. The average Bonchev–Trinajstić information content (AvgIpc) is 2.60. The summed E-state index contributed by atoms with van der Waals surface area (Å²) in [6.45, 7) is 0.971. The van der Waals surface area contributed by atoms with E-state index in [0.29, 0.717) is 37.1 Å². The number of hydrogen-bond donors (Lipinski definition) is 2. The lowest BCUT2D eigenvalue weighted by molar-refractivity contribution is -0.138. The van der Waals surface area contributed by atoms with Crippen LogP contribution in [-0.4, -0.2) is 31.3 Å². The molecule has 0 spiro atoms. The number of carbonyl (C=O) groups is 1. The van der Waals surface area contributed by atoms with Crippen LogP contribution in [-0.2, 0) is 19.0 Å². The Bertz CT molecular complexity index is 766. The molecule has 2 N–H and O–H groups in total. The zero-order valence-electron chi connectivity index (χ0n) is 14.7. The summed E-state index contributed by atoms with van der Waals surface area (Å²) in [5.74, 6) is -1.13. The molecule has 0 aliphatic heterocycles. The zero-order chi connectivity index (χ0) is 19.2. The summed E-state index contributed by atoms with van der Waals surface area (Å²) in [4.78, 5) is 11.2. The first-order valence-corrected chi connectivity index (χ1v) is 8.09. The molecule has 148 valence electrons. The average molecular weight is 404 g/mol. The van der Waals surface area contributed by atoms with Gasteiger partial charge in [0.05, 0.1) is 18.2 Å². The fourth-order valence-corrected chi connectivity index (χ4v) is 2.76. The van der Waals surface area contributed by atoms with Crippen molar-refractivity contribution in [3.05, 3.63) is 64.7 Å². The number of rotatable bonds is 8. The number of para-hydroxylation sites is 1. The third kappa shape index (κ3) is 6.15. The van der Waals surface area contributed by atoms with Crippen LogP contribution < -0.4 is 10.1 Å². The van der Waals surface area contributed by atoms with Crippen molar-refractivity contribution in [2.24, 2.45) is 0 Å². The largest absolute Gasteiger partial charge is 0.496 e. The summed E-state index contributed by atoms with van der Waals surface area (Å²) in [5, 5.41) is 12.3. The lowest BCUT2D eigenvalue weighted by Crippen LogP contribution is -2.21. The number of benzene rings is 2. The monoisotopic (exact) mass is 403 g/mol. The third-order valence-electron chi connectivity index (χ3n) is 4.00. The fourth-order valence-electron chi connectivity index (χ4n) is 2.76. The van der Waals surface area contributed by atoms with Crippen molar-refractivity contribution >= 4 is 18.4 Å². The van der Waals surface area contributed by atoms with E-state index in [1.54, 1.807) is 30.3 Å². The Morgan fingerprint density at radius 2 is 1.63 bits per heavy atom. The standard InChI is InChI=1S/C19H20F3NO3.ClH/c1-26-17-14(6-4-8-16(17)19(20,21)22)10-12-23-11-9-13-5-2-3-7-15(13)18(24)25;/h2-8,23H,9-12H2,1H3,(H,24,25);1H. The highest BCUT2D eigenvalue weighted by Crippen LogP contribution is 2.38. The third-order valence-corrected chi connectivity index (χ3v) is 4.00. The number of halogens is 4. The van der Waals surface area contributed by atoms with Crippen molar-refractivity contribution in [2.75, 3.05) is 20.2 Å². The van der Waals surface area contributed by atoms with Crippen molar-refractivity contribution in [3.8, 4) is 5.75 Å². The quantitative estimate of drug-likeness (QED) is 0.648. The second-order valence-corrected chi connectivity index (χ2v) is 5.71. The van der Waals surface area contributed by atoms with Crippen LogP contribution in [0.15, 0.2) is 42.5 Å². The molecule has 0 aliphatic rings. The van der Waals surface area contributed by atoms with Gasteiger partial charge in [0.1, 0.15) is 5.75 Å². The van der Waals surface area contributed by atoms with Gasteiger partial charge in [-0.1, -0.05) is 30.3 Å². The first-order valence-electron chi connectivity index (χ1n) is 8.09. The molecule has 8 heteroatoms. The number of aromatic carboxylic acids is 1. The number of methoxy groups -OCH3 is 1. The lowest BCUT2D eigenvalue weighted by atomic mass is 10.0. The fraction of sp³-hybridized carbons (Fsp3) is 0.316. The van der Waals surface area contributed by atoms with E-state index in [0.717, 1.165) is 6.07 Å². The summed E-state index contributed by atoms with van der Waals surface area (Å²) in [6, 6.07) is 10.7. The summed E-state index contributed by atoms with van der Waals surface area (Å²) in [6.07, 6.45) is -3.58. The molecule has 0 radical (unpaired) electrons. The molecule has 0 saturated carbocycles. The molecule has 0 aromatic heterocycles. The molecule has 2 aromatic rings. The Kier molecular flexibility index (Phi) is 8.59. The topological polar surface area (TPSA) is 58.6 Å². The summed E-state index contributed by atoms with van der Waals surface area (Å²) < 4.78 is 44.0. The van der Waals surface area contributed by atoms with Crippen LogP contribution in [0.3, 0.4) is 0 Å². The predicted octanol–water partition coefficient (Wildman–Crippen LogP) is 4.21. The first-order chi connectivity index (χ1) is 12.3. The lowest BCUT2D eigenvalue weighted by Gasteiger charge is -2.16. The van der Waals surface area contributed by atoms with Gasteiger partial charge < -0.3 is 15.2 Å². The molecule has 0 fully saturated rings. The van der Waals surface area contributed by atoms with Gasteiger partial charge in [-0.05, 0) is 49.2 Å². The number of alkyl halides is 3. The van der Waals surface area contributed by atoms with Gasteiger partial charge in [0.2, 0.25) is 0 Å². The minimum Gasteiger partial charge on any atom is -0.496 e. The highest BCUT2D eigenvalue weighted by molar-refractivity contribution is 5.89. The maximum Gasteiger partial charge on any atom is 0.419 e. The minimum absolute atomic E-state index is 0. The summed E-state index contributed by atoms with van der Waals surface area (Å²) in [7, 11) is 1.23. The van der Waals surface area contributed by atoms with E-state index in [4.69, 9.17) is 9.84 Å². The van der Waals surface area contributed by atoms with Crippen LogP contribution >= 0.6 is 12.4 Å². The SMILES string of the molecule is COc1c(CCNCCc2ccccc2C(=O)O)cccc1C(F)(F)F.Cl. The molecule has 0 atom stereocenters. The van der Waals surface area contributed by atoms with E-state index in [1.807, 2.05) is 0 Å². The summed E-state index contributed by atoms with van der Waals surface area (Å²) >= 11 is 0. The van der Waals surface area contributed by atoms with Crippen LogP contribution in [0, 0.1) is 0 Å². The van der Waals surface area contributed by atoms with Crippen LogP contribution in [0.4, 0.5) is 13.2 Å². The molecule has 0 unspecified atom stereocenters. The van der Waals surface area contributed by atoms with Crippen molar-refractivity contribution < 1.29 is 27.8 Å². The zero-order valence-corrected chi connectivity index (χ0v) is 15.5. The molecule has 0 aliphatic carbocycles. The number of hydrogen-bond acceptors (Lipinski definition) is 3. The smallest absolute Gasteiger partial charge is 0.419 e. The van der Waals surface area contributed by atoms with E-state index >= 15 is 0 Å². The van der Waals surface area contributed by atoms with Gasteiger partial charge in [-0.25, -0.2) is 4.79 Å². The van der Waals surface area contributed by atoms with E-state index in [2.05, 4.69) is 5.32 Å². The van der Waals surface area contributed by atoms with E-state index < -0.39 is 17.7 Å². The van der Waals surface area contributed by atoms with Crippen molar-refractivity contribution in [1.82, 2.24) is 5.32 Å². The Hall–Kier alpha value is -2.25. The number of carboxylic acids is 1. The predicted molar refractivity (Wildman–Crippen MR) is 98.9 cm³/mol. The van der Waals surface area contributed by atoms with Crippen molar-refractivity contribution in [1.29, 1.82) is 0 Å². The second-order valence-electron chi connectivity index (χ2n) is 5.71. The van der Waals surface area contributed by atoms with Crippen LogP contribution in [0.2, 0.25) is 0 Å². The van der Waals surface area contributed by atoms with Crippen LogP contribution in [0.1, 0.15) is 27.0 Å². The van der Waals surface area contributed by atoms with Gasteiger partial charge in [-0.2, -0.15) is 13.2 Å². The second kappa shape index (κ2) is 10.2. The number of nitrogens with one attached hydrogen (secondary N) is 1. The molecule has 0 bridgehead atoms. The van der Waals surface area contributed by atoms with Gasteiger partial charge in [0.25, 0.3) is 0 Å². The Morgan fingerprint density at radius 1 is 1.04 bits per heavy atom. The van der Waals surface area contributed by atoms with Gasteiger partial charge >= 0.3 is 12.1 Å². The van der Waals surface area contributed by atoms with Gasteiger partial charge in [-0.15, -0.1) is 12.4 Å². The summed E-state index contributed by atoms with van der Waals surface area (Å²) in [5.41, 5.74) is 0.659. The molecular weight excluding hydrogens is 383 g/mol. The highest BCUT2D eigenvalue weighted by Gasteiger charge is 2.34.